The summed E-state index contributed by atoms with van der Waals surface area (Å²) in [5.74, 6) is 0.211. The predicted octanol–water partition coefficient (Wildman–Crippen LogP) is 1.73. The van der Waals surface area contributed by atoms with Crippen LogP contribution in [0, 0.1) is 5.92 Å². The number of benzene rings is 1. The Morgan fingerprint density at radius 3 is 2.44 bits per heavy atom. The lowest BCUT2D eigenvalue weighted by Gasteiger charge is -2.30. The summed E-state index contributed by atoms with van der Waals surface area (Å²) in [6.45, 7) is 1.01. The molecule has 1 N–H and O–H groups in total. The highest BCUT2D eigenvalue weighted by Gasteiger charge is 2.30. The molecule has 0 spiro atoms. The van der Waals surface area contributed by atoms with Crippen LogP contribution in [-0.4, -0.2) is 37.5 Å². The molecule has 1 saturated heterocycles. The molecule has 18 heavy (non-hydrogen) atoms. The van der Waals surface area contributed by atoms with Crippen LogP contribution in [0.3, 0.4) is 0 Å². The molecule has 0 radical (unpaired) electrons. The minimum absolute atomic E-state index is 0.125. The molecule has 1 aliphatic heterocycles. The normalized spacial score (nSPS) is 19.0. The van der Waals surface area contributed by atoms with Crippen molar-refractivity contribution in [2.45, 2.75) is 17.7 Å². The molecule has 0 bridgehead atoms. The Morgan fingerprint density at radius 1 is 1.28 bits per heavy atom. The summed E-state index contributed by atoms with van der Waals surface area (Å²) in [7, 11) is -3.50. The number of piperidine rings is 1. The summed E-state index contributed by atoms with van der Waals surface area (Å²) >= 11 is 5.94. The van der Waals surface area contributed by atoms with Gasteiger partial charge in [-0.3, -0.25) is 0 Å². The van der Waals surface area contributed by atoms with Crippen molar-refractivity contribution in [1.29, 1.82) is 0 Å². The molecular weight excluding hydrogens is 274 g/mol. The highest BCUT2D eigenvalue weighted by Crippen LogP contribution is 2.27. The molecule has 0 aliphatic carbocycles. The van der Waals surface area contributed by atoms with Gasteiger partial charge in [-0.1, -0.05) is 23.7 Å². The number of hydrogen-bond donors (Lipinski definition) is 1. The summed E-state index contributed by atoms with van der Waals surface area (Å²) in [4.78, 5) is 0.161. The van der Waals surface area contributed by atoms with Gasteiger partial charge >= 0.3 is 0 Å². The van der Waals surface area contributed by atoms with Crippen LogP contribution >= 0.6 is 11.6 Å². The quantitative estimate of drug-likeness (QED) is 0.922. The molecule has 1 aromatic carbocycles. The lowest BCUT2D eigenvalue weighted by atomic mass is 10.00. The van der Waals surface area contributed by atoms with Gasteiger partial charge in [0.2, 0.25) is 10.0 Å². The summed E-state index contributed by atoms with van der Waals surface area (Å²) in [6, 6.07) is 6.48. The van der Waals surface area contributed by atoms with E-state index in [4.69, 9.17) is 16.7 Å². The molecule has 0 aromatic heterocycles. The zero-order valence-electron chi connectivity index (χ0n) is 9.92. The zero-order chi connectivity index (χ0) is 13.2. The van der Waals surface area contributed by atoms with Gasteiger partial charge in [0.1, 0.15) is 4.90 Å². The highest BCUT2D eigenvalue weighted by molar-refractivity contribution is 7.89. The number of aliphatic hydroxyl groups excluding tert-OH is 1. The zero-order valence-corrected chi connectivity index (χ0v) is 11.5. The number of halogens is 1. The maximum absolute atomic E-state index is 12.4. The standard InChI is InChI=1S/C12H16ClNO3S/c13-11-3-1-2-4-12(11)18(16,17)14-7-5-10(9-15)6-8-14/h1-4,10,15H,5-9H2. The summed E-state index contributed by atoms with van der Waals surface area (Å²) in [6.07, 6.45) is 1.39. The average Bonchev–Trinajstić information content (AvgIpc) is 2.39. The monoisotopic (exact) mass is 289 g/mol. The third kappa shape index (κ3) is 2.69. The third-order valence-electron chi connectivity index (χ3n) is 3.29. The second kappa shape index (κ2) is 5.57. The first kappa shape index (κ1) is 13.8. The van der Waals surface area contributed by atoms with Crippen LogP contribution in [0.5, 0.6) is 0 Å². The molecule has 1 fully saturated rings. The van der Waals surface area contributed by atoms with Crippen molar-refractivity contribution >= 4 is 21.6 Å². The highest BCUT2D eigenvalue weighted by atomic mass is 35.5. The predicted molar refractivity (Wildman–Crippen MR) is 70.0 cm³/mol. The van der Waals surface area contributed by atoms with Gasteiger partial charge < -0.3 is 5.11 Å². The minimum atomic E-state index is -3.50. The molecule has 4 nitrogen and oxygen atoms in total. The maximum Gasteiger partial charge on any atom is 0.244 e. The molecule has 0 saturated carbocycles. The van der Waals surface area contributed by atoms with E-state index in [1.807, 2.05) is 0 Å². The van der Waals surface area contributed by atoms with Gasteiger partial charge in [-0.2, -0.15) is 4.31 Å². The first-order valence-electron chi connectivity index (χ1n) is 5.91. The Kier molecular flexibility index (Phi) is 4.27. The number of sulfonamides is 1. The first-order chi connectivity index (χ1) is 8.55. The van der Waals surface area contributed by atoms with Crippen LogP contribution in [0.15, 0.2) is 29.2 Å². The van der Waals surface area contributed by atoms with Crippen molar-refractivity contribution in [1.82, 2.24) is 4.31 Å². The van der Waals surface area contributed by atoms with Crippen molar-refractivity contribution in [2.75, 3.05) is 19.7 Å². The SMILES string of the molecule is O=S(=O)(c1ccccc1Cl)N1CCC(CO)CC1. The number of rotatable bonds is 3. The molecular formula is C12H16ClNO3S. The van der Waals surface area contributed by atoms with E-state index in [0.717, 1.165) is 0 Å². The fraction of sp³-hybridized carbons (Fsp3) is 0.500. The van der Waals surface area contributed by atoms with Crippen LogP contribution in [0.4, 0.5) is 0 Å². The minimum Gasteiger partial charge on any atom is -0.396 e. The van der Waals surface area contributed by atoms with E-state index < -0.39 is 10.0 Å². The molecule has 1 aliphatic rings. The molecule has 0 unspecified atom stereocenters. The van der Waals surface area contributed by atoms with E-state index in [9.17, 15) is 8.42 Å². The van der Waals surface area contributed by atoms with Crippen molar-refractivity contribution in [3.63, 3.8) is 0 Å². The molecule has 1 aromatic rings. The Bertz CT molecular complexity index is 510. The van der Waals surface area contributed by atoms with Gasteiger partial charge in [-0.25, -0.2) is 8.42 Å². The Balaban J connectivity index is 2.20. The number of aliphatic hydroxyl groups is 1. The van der Waals surface area contributed by atoms with Gasteiger partial charge in [-0.05, 0) is 30.9 Å². The molecule has 1 heterocycles. The van der Waals surface area contributed by atoms with Crippen molar-refractivity contribution < 1.29 is 13.5 Å². The Hall–Kier alpha value is -0.620. The van der Waals surface area contributed by atoms with E-state index in [2.05, 4.69) is 0 Å². The molecule has 0 amide bonds. The van der Waals surface area contributed by atoms with Crippen molar-refractivity contribution in [3.8, 4) is 0 Å². The van der Waals surface area contributed by atoms with Crippen LogP contribution in [0.2, 0.25) is 5.02 Å². The van der Waals surface area contributed by atoms with Crippen molar-refractivity contribution in [3.05, 3.63) is 29.3 Å². The summed E-state index contributed by atoms with van der Waals surface area (Å²) < 4.78 is 26.2. The van der Waals surface area contributed by atoms with Gasteiger partial charge in [-0.15, -0.1) is 0 Å². The van der Waals surface area contributed by atoms with E-state index in [0.29, 0.717) is 25.9 Å². The lowest BCUT2D eigenvalue weighted by molar-refractivity contribution is 0.170. The van der Waals surface area contributed by atoms with Gasteiger partial charge in [0.05, 0.1) is 5.02 Å². The van der Waals surface area contributed by atoms with E-state index >= 15 is 0 Å². The fourth-order valence-corrected chi connectivity index (χ4v) is 4.09. The van der Waals surface area contributed by atoms with Gasteiger partial charge in [0, 0.05) is 19.7 Å². The number of nitrogens with zero attached hydrogens (tertiary/aromatic N) is 1. The van der Waals surface area contributed by atoms with Crippen LogP contribution in [0.1, 0.15) is 12.8 Å². The lowest BCUT2D eigenvalue weighted by Crippen LogP contribution is -2.39. The molecule has 0 atom stereocenters. The van der Waals surface area contributed by atoms with Gasteiger partial charge in [0.25, 0.3) is 0 Å². The fourth-order valence-electron chi connectivity index (χ4n) is 2.13. The van der Waals surface area contributed by atoms with Crippen LogP contribution < -0.4 is 0 Å². The maximum atomic E-state index is 12.4. The topological polar surface area (TPSA) is 57.6 Å². The summed E-state index contributed by atoms with van der Waals surface area (Å²) in [5, 5.41) is 9.30. The smallest absolute Gasteiger partial charge is 0.244 e. The second-order valence-electron chi connectivity index (χ2n) is 4.46. The Morgan fingerprint density at radius 2 is 1.89 bits per heavy atom. The van der Waals surface area contributed by atoms with Crippen molar-refractivity contribution in [2.24, 2.45) is 5.92 Å². The number of hydrogen-bond acceptors (Lipinski definition) is 3. The van der Waals surface area contributed by atoms with Crippen LogP contribution in [0.25, 0.3) is 0 Å². The molecule has 6 heteroatoms. The van der Waals surface area contributed by atoms with E-state index in [-0.39, 0.29) is 22.4 Å². The van der Waals surface area contributed by atoms with E-state index in [1.165, 1.54) is 10.4 Å². The molecule has 2 rings (SSSR count). The Labute approximate surface area is 112 Å². The first-order valence-corrected chi connectivity index (χ1v) is 7.73. The largest absolute Gasteiger partial charge is 0.396 e. The summed E-state index contributed by atoms with van der Waals surface area (Å²) in [5.41, 5.74) is 0. The molecule has 100 valence electrons. The van der Waals surface area contributed by atoms with Crippen LogP contribution in [-0.2, 0) is 10.0 Å². The third-order valence-corrected chi connectivity index (χ3v) is 5.68. The van der Waals surface area contributed by atoms with E-state index in [1.54, 1.807) is 18.2 Å². The average molecular weight is 290 g/mol. The second-order valence-corrected chi connectivity index (χ2v) is 6.77. The van der Waals surface area contributed by atoms with Gasteiger partial charge in [0.15, 0.2) is 0 Å².